The minimum absolute atomic E-state index is 0.0713. The lowest BCUT2D eigenvalue weighted by molar-refractivity contribution is -0.113. The van der Waals surface area contributed by atoms with Crippen LogP contribution in [0.3, 0.4) is 0 Å². The van der Waals surface area contributed by atoms with Crippen LogP contribution in [-0.2, 0) is 4.79 Å². The van der Waals surface area contributed by atoms with Crippen molar-refractivity contribution in [2.75, 3.05) is 0 Å². The predicted molar refractivity (Wildman–Crippen MR) is 96.7 cm³/mol. The van der Waals surface area contributed by atoms with Crippen LogP contribution in [0.15, 0.2) is 60.3 Å². The fraction of sp³-hybridized carbons (Fsp3) is 0.143. The summed E-state index contributed by atoms with van der Waals surface area (Å²) in [4.78, 5) is 24.2. The Hall–Kier alpha value is -3.21. The highest BCUT2D eigenvalue weighted by Gasteiger charge is 2.16. The largest absolute Gasteiger partial charge is 0.456 e. The Bertz CT molecular complexity index is 1040. The first-order valence-electron chi connectivity index (χ1n) is 9.44. The van der Waals surface area contributed by atoms with Gasteiger partial charge in [-0.3, -0.25) is 9.59 Å². The number of hydrogen-bond acceptors (Lipinski definition) is 3. The van der Waals surface area contributed by atoms with Gasteiger partial charge >= 0.3 is 0 Å². The van der Waals surface area contributed by atoms with E-state index in [2.05, 4.69) is 5.32 Å². The van der Waals surface area contributed by atoms with Crippen molar-refractivity contribution in [3.8, 4) is 11.5 Å². The van der Waals surface area contributed by atoms with Gasteiger partial charge in [0.1, 0.15) is 17.3 Å². The smallest absolute Gasteiger partial charge is 0.259 e. The van der Waals surface area contributed by atoms with Gasteiger partial charge in [0.05, 0.1) is 5.56 Å². The average molecular weight is 354 g/mol. The van der Waals surface area contributed by atoms with Crippen LogP contribution in [0.5, 0.6) is 11.5 Å². The molecule has 0 atom stereocenters. The van der Waals surface area contributed by atoms with Crippen molar-refractivity contribution in [3.63, 3.8) is 0 Å². The van der Waals surface area contributed by atoms with E-state index >= 15 is 0 Å². The first-order valence-corrected chi connectivity index (χ1v) is 7.94. The number of ketones is 1. The van der Waals surface area contributed by atoms with Crippen molar-refractivity contribution in [1.82, 2.24) is 5.32 Å². The summed E-state index contributed by atoms with van der Waals surface area (Å²) in [6.45, 7) is -0.809. The molecule has 5 heteroatoms. The number of carbonyl (C=O) groups is 2. The van der Waals surface area contributed by atoms with Crippen LogP contribution in [0, 0.1) is 19.6 Å². The predicted octanol–water partition coefficient (Wildman–Crippen LogP) is 4.38. The molecule has 0 aromatic heterocycles. The van der Waals surface area contributed by atoms with E-state index in [1.807, 2.05) is 0 Å². The van der Waals surface area contributed by atoms with E-state index in [9.17, 15) is 14.0 Å². The topological polar surface area (TPSA) is 55.4 Å². The molecule has 0 spiro atoms. The number of ether oxygens (including phenoxy) is 1. The molecule has 26 heavy (non-hydrogen) atoms. The summed E-state index contributed by atoms with van der Waals surface area (Å²) in [5, 5.41) is 2.63. The van der Waals surface area contributed by atoms with Crippen molar-refractivity contribution in [2.45, 2.75) is 20.2 Å². The lowest BCUT2D eigenvalue weighted by atomic mass is 10.1. The van der Waals surface area contributed by atoms with Gasteiger partial charge in [-0.05, 0) is 61.3 Å². The zero-order valence-corrected chi connectivity index (χ0v) is 14.0. The Balaban J connectivity index is 1.95. The minimum Gasteiger partial charge on any atom is -0.456 e. The summed E-state index contributed by atoms with van der Waals surface area (Å²) in [7, 11) is 0. The summed E-state index contributed by atoms with van der Waals surface area (Å²) < 4.78 is 42.1. The van der Waals surface area contributed by atoms with Gasteiger partial charge in [0, 0.05) is 22.3 Å². The molecular formula is C21H18FNO3. The van der Waals surface area contributed by atoms with Gasteiger partial charge in [-0.25, -0.2) is 4.39 Å². The van der Waals surface area contributed by atoms with Crippen LogP contribution < -0.4 is 10.1 Å². The standard InChI is InChI=1S/C21H18FNO3/c1-13-6-8-18(21(25)23-16-4-3-5-17(24)12-16)20(10-13)26-19-9-7-15(22)11-14(19)2/h3-4,6-12H,5H2,1-2H3,(H,23,25)/i2D3. The highest BCUT2D eigenvalue weighted by atomic mass is 19.1. The van der Waals surface area contributed by atoms with Crippen molar-refractivity contribution in [2.24, 2.45) is 0 Å². The molecule has 4 nitrogen and oxygen atoms in total. The van der Waals surface area contributed by atoms with Crippen molar-refractivity contribution >= 4 is 11.7 Å². The van der Waals surface area contributed by atoms with Crippen molar-refractivity contribution in [3.05, 3.63) is 82.8 Å². The Labute approximate surface area is 155 Å². The number of rotatable bonds is 4. The van der Waals surface area contributed by atoms with Gasteiger partial charge < -0.3 is 10.1 Å². The lowest BCUT2D eigenvalue weighted by Gasteiger charge is -2.15. The maximum atomic E-state index is 13.6. The van der Waals surface area contributed by atoms with Crippen molar-refractivity contribution in [1.29, 1.82) is 0 Å². The number of allylic oxidation sites excluding steroid dienone is 3. The molecule has 1 N–H and O–H groups in total. The number of aryl methyl sites for hydroxylation is 2. The molecule has 3 rings (SSSR count). The fourth-order valence-corrected chi connectivity index (χ4v) is 2.47. The van der Waals surface area contributed by atoms with E-state index in [-0.39, 0.29) is 34.8 Å². The van der Waals surface area contributed by atoms with Crippen molar-refractivity contribution < 1.29 is 22.8 Å². The number of benzene rings is 2. The minimum atomic E-state index is -2.60. The van der Waals surface area contributed by atoms with E-state index < -0.39 is 18.6 Å². The molecule has 2 aromatic carbocycles. The molecule has 132 valence electrons. The normalized spacial score (nSPS) is 15.5. The summed E-state index contributed by atoms with van der Waals surface area (Å²) >= 11 is 0. The molecule has 0 aliphatic heterocycles. The van der Waals surface area contributed by atoms with E-state index in [1.54, 1.807) is 31.2 Å². The lowest BCUT2D eigenvalue weighted by Crippen LogP contribution is -2.24. The molecule has 2 aromatic rings. The number of hydrogen-bond donors (Lipinski definition) is 1. The number of amides is 1. The Morgan fingerprint density at radius 1 is 1.23 bits per heavy atom. The number of carbonyl (C=O) groups excluding carboxylic acids is 2. The highest BCUT2D eigenvalue weighted by Crippen LogP contribution is 2.29. The Kier molecular flexibility index (Phi) is 3.96. The van der Waals surface area contributed by atoms with E-state index in [0.717, 1.165) is 17.7 Å². The third-order valence-electron chi connectivity index (χ3n) is 3.73. The van der Waals surface area contributed by atoms with Gasteiger partial charge in [0.15, 0.2) is 5.78 Å². The zero-order chi connectivity index (χ0) is 21.2. The second kappa shape index (κ2) is 7.35. The monoisotopic (exact) mass is 354 g/mol. The van der Waals surface area contributed by atoms with E-state index in [0.29, 0.717) is 5.70 Å². The van der Waals surface area contributed by atoms with E-state index in [4.69, 9.17) is 8.85 Å². The number of halogens is 1. The molecule has 1 aliphatic carbocycles. The third kappa shape index (κ3) is 4.06. The quantitative estimate of drug-likeness (QED) is 0.887. The van der Waals surface area contributed by atoms with Crippen LogP contribution in [0.4, 0.5) is 4.39 Å². The summed E-state index contributed by atoms with van der Waals surface area (Å²) in [5.41, 5.74) is 0.974. The summed E-state index contributed by atoms with van der Waals surface area (Å²) in [6, 6.07) is 8.01. The second-order valence-electron chi connectivity index (χ2n) is 5.87. The zero-order valence-electron chi connectivity index (χ0n) is 17.0. The number of nitrogens with one attached hydrogen (secondary N) is 1. The first-order chi connectivity index (χ1) is 13.6. The Morgan fingerprint density at radius 3 is 2.85 bits per heavy atom. The molecule has 0 saturated heterocycles. The van der Waals surface area contributed by atoms with Gasteiger partial charge in [0.2, 0.25) is 0 Å². The van der Waals surface area contributed by atoms with Gasteiger partial charge in [-0.2, -0.15) is 0 Å². The summed E-state index contributed by atoms with van der Waals surface area (Å²) in [6.07, 6.45) is 4.88. The van der Waals surface area contributed by atoms with Gasteiger partial charge in [-0.15, -0.1) is 0 Å². The molecule has 0 unspecified atom stereocenters. The van der Waals surface area contributed by atoms with Crippen LogP contribution in [0.2, 0.25) is 0 Å². The maximum absolute atomic E-state index is 13.6. The van der Waals surface area contributed by atoms with Gasteiger partial charge in [0.25, 0.3) is 5.91 Å². The molecule has 0 heterocycles. The van der Waals surface area contributed by atoms with Crippen LogP contribution >= 0.6 is 0 Å². The molecule has 0 fully saturated rings. The molecule has 0 radical (unpaired) electrons. The first kappa shape index (κ1) is 14.0. The van der Waals surface area contributed by atoms with Crippen LogP contribution in [-0.4, -0.2) is 11.7 Å². The maximum Gasteiger partial charge on any atom is 0.259 e. The summed E-state index contributed by atoms with van der Waals surface area (Å²) in [5.74, 6) is -1.31. The molecule has 1 amide bonds. The third-order valence-corrected chi connectivity index (χ3v) is 3.73. The SMILES string of the molecule is [2H]C([2H])([2H])c1cc(F)ccc1Oc1cc(C)ccc1C(=O)NC1=CC(=O)CC=C1. The van der Waals surface area contributed by atoms with Gasteiger partial charge in [-0.1, -0.05) is 12.1 Å². The van der Waals surface area contributed by atoms with Crippen LogP contribution in [0.25, 0.3) is 0 Å². The second-order valence-corrected chi connectivity index (χ2v) is 5.87. The molecule has 1 aliphatic rings. The molecule has 0 bridgehead atoms. The highest BCUT2D eigenvalue weighted by molar-refractivity contribution is 6.00. The average Bonchev–Trinajstić information content (AvgIpc) is 2.62. The fourth-order valence-electron chi connectivity index (χ4n) is 2.47. The molecular weight excluding hydrogens is 333 g/mol. The molecule has 0 saturated carbocycles. The van der Waals surface area contributed by atoms with E-state index in [1.165, 1.54) is 18.2 Å². The Morgan fingerprint density at radius 2 is 2.08 bits per heavy atom. The van der Waals surface area contributed by atoms with Crippen LogP contribution in [0.1, 0.15) is 32.0 Å².